The van der Waals surface area contributed by atoms with E-state index in [4.69, 9.17) is 5.73 Å². The van der Waals surface area contributed by atoms with Gasteiger partial charge in [-0.2, -0.15) is 0 Å². The molecule has 4 atom stereocenters. The van der Waals surface area contributed by atoms with Gasteiger partial charge in [0.1, 0.15) is 18.1 Å². The van der Waals surface area contributed by atoms with Gasteiger partial charge in [-0.1, -0.05) is 48.5 Å². The van der Waals surface area contributed by atoms with E-state index in [-0.39, 0.29) is 13.0 Å². The fourth-order valence-electron chi connectivity index (χ4n) is 5.15. The third-order valence-electron chi connectivity index (χ3n) is 7.36. The van der Waals surface area contributed by atoms with E-state index < -0.39 is 53.8 Å². The number of H-pyrrole nitrogens is 1. The molecule has 1 fully saturated rings. The molecule has 0 spiro atoms. The fraction of sp³-hybridized carbons (Fsp3) is 0.367. The van der Waals surface area contributed by atoms with Crippen molar-refractivity contribution in [2.45, 2.75) is 56.8 Å². The summed E-state index contributed by atoms with van der Waals surface area (Å²) in [6.07, 6.45) is 3.03. The molecule has 1 saturated heterocycles. The number of nitrogens with two attached hydrogens (primary N) is 1. The number of amides is 4. The molecule has 42 heavy (non-hydrogen) atoms. The largest absolute Gasteiger partial charge is 0.480 e. The molecule has 1 aromatic heterocycles. The van der Waals surface area contributed by atoms with Gasteiger partial charge in [0.25, 0.3) is 0 Å². The van der Waals surface area contributed by atoms with Crippen LogP contribution in [0.4, 0.5) is 0 Å². The molecule has 2 aromatic carbocycles. The van der Waals surface area contributed by atoms with Crippen LogP contribution in [-0.2, 0) is 36.8 Å². The zero-order valence-electron chi connectivity index (χ0n) is 23.3. The van der Waals surface area contributed by atoms with Gasteiger partial charge >= 0.3 is 5.97 Å². The van der Waals surface area contributed by atoms with Gasteiger partial charge in [0.05, 0.1) is 12.6 Å². The molecule has 222 valence electrons. The van der Waals surface area contributed by atoms with Crippen LogP contribution < -0.4 is 21.7 Å². The Balaban J connectivity index is 1.28. The van der Waals surface area contributed by atoms with Crippen molar-refractivity contribution >= 4 is 40.5 Å². The maximum absolute atomic E-state index is 13.2. The summed E-state index contributed by atoms with van der Waals surface area (Å²) in [4.78, 5) is 67.6. The van der Waals surface area contributed by atoms with Gasteiger partial charge in [0.15, 0.2) is 0 Å². The van der Waals surface area contributed by atoms with Crippen molar-refractivity contribution in [3.63, 3.8) is 0 Å². The average molecular weight is 577 g/mol. The van der Waals surface area contributed by atoms with Gasteiger partial charge in [0, 0.05) is 30.1 Å². The first-order valence-corrected chi connectivity index (χ1v) is 13.9. The summed E-state index contributed by atoms with van der Waals surface area (Å²) in [6.45, 7) is 1.42. The first-order chi connectivity index (χ1) is 20.1. The lowest BCUT2D eigenvalue weighted by molar-refractivity contribution is -0.144. The summed E-state index contributed by atoms with van der Waals surface area (Å²) in [6, 6.07) is 12.9. The number of nitrogens with one attached hydrogen (secondary N) is 4. The summed E-state index contributed by atoms with van der Waals surface area (Å²) >= 11 is 0. The lowest BCUT2D eigenvalue weighted by atomic mass is 10.0. The number of carbonyl (C=O) groups is 5. The number of likely N-dealkylation sites (tertiary alicyclic amines) is 1. The Labute approximate surface area is 243 Å². The van der Waals surface area contributed by atoms with Crippen molar-refractivity contribution in [3.8, 4) is 0 Å². The number of rotatable bonds is 12. The minimum absolute atomic E-state index is 0.0684. The average Bonchev–Trinajstić information content (AvgIpc) is 3.63. The normalized spacial score (nSPS) is 16.8. The zero-order chi connectivity index (χ0) is 30.2. The summed E-state index contributed by atoms with van der Waals surface area (Å²) in [7, 11) is 0. The Morgan fingerprint density at radius 2 is 1.74 bits per heavy atom. The third-order valence-corrected chi connectivity index (χ3v) is 7.36. The second kappa shape index (κ2) is 13.8. The van der Waals surface area contributed by atoms with Crippen LogP contribution in [0.3, 0.4) is 0 Å². The highest BCUT2D eigenvalue weighted by Crippen LogP contribution is 2.21. The highest BCUT2D eigenvalue weighted by molar-refractivity contribution is 5.95. The molecule has 0 aliphatic carbocycles. The highest BCUT2D eigenvalue weighted by atomic mass is 16.4. The zero-order valence-corrected chi connectivity index (χ0v) is 23.3. The molecule has 1 aliphatic rings. The Bertz CT molecular complexity index is 1440. The molecule has 0 bridgehead atoms. The van der Waals surface area contributed by atoms with Crippen LogP contribution >= 0.6 is 0 Å². The van der Waals surface area contributed by atoms with E-state index in [0.717, 1.165) is 22.0 Å². The number of aromatic nitrogens is 1. The van der Waals surface area contributed by atoms with Gasteiger partial charge in [-0.15, -0.1) is 0 Å². The predicted octanol–water partition coefficient (Wildman–Crippen LogP) is 0.462. The lowest BCUT2D eigenvalue weighted by Crippen LogP contribution is -2.55. The standard InChI is InChI=1S/C30H36N6O6/c1-18(34-26(37)17-33-27(38)22(31)14-19-8-3-2-4-9-19)29(40)36-13-7-12-25(36)28(39)35-24(30(41)42)15-20-16-32-23-11-6-5-10-21(20)23/h2-6,8-11,16,18,22,24-25,32H,7,12-15,17,31H2,1H3,(H,33,38)(H,34,37)(H,35,39)(H,41,42)/t18-,22-,24-,25-/m0/s1. The Morgan fingerprint density at radius 3 is 2.48 bits per heavy atom. The highest BCUT2D eigenvalue weighted by Gasteiger charge is 2.38. The fourth-order valence-corrected chi connectivity index (χ4v) is 5.15. The number of aromatic amines is 1. The van der Waals surface area contributed by atoms with Gasteiger partial charge in [-0.25, -0.2) is 4.79 Å². The number of carboxylic acid groups (broad SMARTS) is 1. The first-order valence-electron chi connectivity index (χ1n) is 13.9. The molecule has 2 heterocycles. The van der Waals surface area contributed by atoms with Gasteiger partial charge in [-0.05, 0) is 43.4 Å². The number of hydrogen-bond acceptors (Lipinski definition) is 6. The van der Waals surface area contributed by atoms with Crippen LogP contribution in [0.5, 0.6) is 0 Å². The van der Waals surface area contributed by atoms with E-state index in [1.54, 1.807) is 6.20 Å². The number of nitrogens with zero attached hydrogens (tertiary/aromatic N) is 1. The van der Waals surface area contributed by atoms with E-state index in [1.165, 1.54) is 11.8 Å². The summed E-state index contributed by atoms with van der Waals surface area (Å²) in [5.41, 5.74) is 8.45. The van der Waals surface area contributed by atoms with Crippen molar-refractivity contribution in [2.24, 2.45) is 5.73 Å². The molecule has 12 nitrogen and oxygen atoms in total. The molecule has 12 heteroatoms. The molecule has 0 unspecified atom stereocenters. The Morgan fingerprint density at radius 1 is 1.02 bits per heavy atom. The molecule has 4 amide bonds. The van der Waals surface area contributed by atoms with Crippen molar-refractivity contribution in [2.75, 3.05) is 13.1 Å². The van der Waals surface area contributed by atoms with Crippen molar-refractivity contribution in [3.05, 3.63) is 71.9 Å². The topological polar surface area (TPSA) is 187 Å². The molecule has 0 radical (unpaired) electrons. The lowest BCUT2D eigenvalue weighted by Gasteiger charge is -2.28. The minimum Gasteiger partial charge on any atom is -0.480 e. The number of aliphatic carboxylic acids is 1. The summed E-state index contributed by atoms with van der Waals surface area (Å²) in [5, 5.41) is 18.3. The monoisotopic (exact) mass is 576 g/mol. The van der Waals surface area contributed by atoms with Gasteiger partial charge in [-0.3, -0.25) is 19.2 Å². The molecule has 1 aliphatic heterocycles. The van der Waals surface area contributed by atoms with E-state index in [1.807, 2.05) is 54.6 Å². The van der Waals surface area contributed by atoms with Crippen molar-refractivity contribution < 1.29 is 29.1 Å². The molecular formula is C30H36N6O6. The van der Waals surface area contributed by atoms with Crippen molar-refractivity contribution in [1.82, 2.24) is 25.8 Å². The summed E-state index contributed by atoms with van der Waals surface area (Å²) < 4.78 is 0. The number of fused-ring (bicyclic) bond motifs is 1. The van der Waals surface area contributed by atoms with Gasteiger partial charge in [0.2, 0.25) is 23.6 Å². The summed E-state index contributed by atoms with van der Waals surface area (Å²) in [5.74, 6) is -3.30. The van der Waals surface area contributed by atoms with Crippen LogP contribution in [0, 0.1) is 0 Å². The first kappa shape index (κ1) is 30.3. The van der Waals surface area contributed by atoms with Crippen LogP contribution in [-0.4, -0.2) is 81.8 Å². The van der Waals surface area contributed by atoms with Crippen LogP contribution in [0.1, 0.15) is 30.9 Å². The Hall–Kier alpha value is -4.71. The molecule has 3 aromatic rings. The third kappa shape index (κ3) is 7.52. The minimum atomic E-state index is -1.19. The number of hydrogen-bond donors (Lipinski definition) is 6. The van der Waals surface area contributed by atoms with Gasteiger partial charge < -0.3 is 36.7 Å². The predicted molar refractivity (Wildman–Crippen MR) is 155 cm³/mol. The van der Waals surface area contributed by atoms with E-state index >= 15 is 0 Å². The molecule has 7 N–H and O–H groups in total. The smallest absolute Gasteiger partial charge is 0.326 e. The maximum Gasteiger partial charge on any atom is 0.326 e. The van der Waals surface area contributed by atoms with Crippen LogP contribution in [0.25, 0.3) is 10.9 Å². The quantitative estimate of drug-likeness (QED) is 0.181. The number of carboxylic acids is 1. The SMILES string of the molecule is C[C@H](NC(=O)CNC(=O)[C@@H](N)Cc1ccccc1)C(=O)N1CCC[C@H]1C(=O)N[C@@H](Cc1c[nH]c2ccccc12)C(=O)O. The Kier molecular flexibility index (Phi) is 9.92. The second-order valence-corrected chi connectivity index (χ2v) is 10.5. The maximum atomic E-state index is 13.2. The number of carbonyl (C=O) groups excluding carboxylic acids is 4. The molecule has 4 rings (SSSR count). The van der Waals surface area contributed by atoms with Crippen molar-refractivity contribution in [1.29, 1.82) is 0 Å². The molecule has 0 saturated carbocycles. The van der Waals surface area contributed by atoms with E-state index in [0.29, 0.717) is 25.8 Å². The molecular weight excluding hydrogens is 540 g/mol. The number of benzene rings is 2. The van der Waals surface area contributed by atoms with Crippen LogP contribution in [0.15, 0.2) is 60.8 Å². The second-order valence-electron chi connectivity index (χ2n) is 10.5. The van der Waals surface area contributed by atoms with E-state index in [9.17, 15) is 29.1 Å². The van der Waals surface area contributed by atoms with E-state index in [2.05, 4.69) is 20.9 Å². The number of para-hydroxylation sites is 1. The van der Waals surface area contributed by atoms with Crippen LogP contribution in [0.2, 0.25) is 0 Å².